The van der Waals surface area contributed by atoms with Crippen LogP contribution in [0.3, 0.4) is 0 Å². The summed E-state index contributed by atoms with van der Waals surface area (Å²) in [6.07, 6.45) is 2.16. The summed E-state index contributed by atoms with van der Waals surface area (Å²) in [5.74, 6) is -0.620. The van der Waals surface area contributed by atoms with Crippen molar-refractivity contribution in [2.45, 2.75) is 25.3 Å². The third-order valence-electron chi connectivity index (χ3n) is 4.23. The lowest BCUT2D eigenvalue weighted by Gasteiger charge is -2.21. The molecule has 1 atom stereocenters. The van der Waals surface area contributed by atoms with Gasteiger partial charge < -0.3 is 5.32 Å². The Bertz CT molecular complexity index is 821. The molecule has 1 aliphatic heterocycles. The number of aromatic nitrogens is 2. The highest BCUT2D eigenvalue weighted by Crippen LogP contribution is 2.22. The van der Waals surface area contributed by atoms with Crippen molar-refractivity contribution in [3.63, 3.8) is 0 Å². The second kappa shape index (κ2) is 6.31. The number of alkyl halides is 1. The molecule has 0 saturated carbocycles. The van der Waals surface area contributed by atoms with E-state index >= 15 is 0 Å². The molecule has 1 unspecified atom stereocenters. The van der Waals surface area contributed by atoms with Crippen LogP contribution < -0.4 is 11.0 Å². The van der Waals surface area contributed by atoms with E-state index in [1.165, 1.54) is 9.13 Å². The summed E-state index contributed by atoms with van der Waals surface area (Å²) >= 11 is 3.41. The Kier molecular flexibility index (Phi) is 4.39. The Morgan fingerprint density at radius 1 is 1.26 bits per heavy atom. The highest BCUT2D eigenvalue weighted by atomic mass is 79.9. The fourth-order valence-electron chi connectivity index (χ4n) is 3.03. The van der Waals surface area contributed by atoms with Gasteiger partial charge in [-0.3, -0.25) is 18.7 Å². The van der Waals surface area contributed by atoms with Gasteiger partial charge in [-0.2, -0.15) is 0 Å². The molecule has 122 valence electrons. The predicted octanol–water partition coefficient (Wildman–Crippen LogP) is 1.30. The molecule has 1 saturated heterocycles. The predicted molar refractivity (Wildman–Crippen MR) is 91.0 cm³/mol. The maximum atomic E-state index is 12.6. The number of hydrogen-bond acceptors (Lipinski definition) is 3. The maximum Gasteiger partial charge on any atom is 0.329 e. The number of nitrogens with zero attached hydrogens (tertiary/aromatic N) is 2. The molecule has 0 aliphatic carbocycles. The van der Waals surface area contributed by atoms with Gasteiger partial charge in [-0.05, 0) is 30.5 Å². The molecule has 1 aliphatic rings. The number of piperidine rings is 1. The molecule has 2 aromatic rings. The third kappa shape index (κ3) is 2.73. The van der Waals surface area contributed by atoms with Gasteiger partial charge in [0.15, 0.2) is 11.8 Å². The van der Waals surface area contributed by atoms with Crippen LogP contribution in [0.5, 0.6) is 0 Å². The first-order valence-corrected chi connectivity index (χ1v) is 8.73. The summed E-state index contributed by atoms with van der Waals surface area (Å²) in [6, 6.07) is 4.68. The lowest BCUT2D eigenvalue weighted by molar-refractivity contribution is -0.135. The van der Waals surface area contributed by atoms with Gasteiger partial charge in [0.05, 0.1) is 11.0 Å². The minimum Gasteiger partial charge on any atom is -0.353 e. The van der Waals surface area contributed by atoms with Crippen LogP contribution in [0.25, 0.3) is 11.0 Å². The van der Waals surface area contributed by atoms with Crippen molar-refractivity contribution in [1.29, 1.82) is 0 Å². The summed E-state index contributed by atoms with van der Waals surface area (Å²) < 4.78 is 2.82. The molecule has 0 radical (unpaired) electrons. The number of carbonyl (C=O) groups is 2. The molecule has 2 heterocycles. The van der Waals surface area contributed by atoms with Gasteiger partial charge in [0, 0.05) is 25.3 Å². The number of nitrogens with one attached hydrogen (secondary N) is 1. The lowest BCUT2D eigenvalue weighted by Crippen LogP contribution is -2.46. The monoisotopic (exact) mass is 379 g/mol. The number of amides is 1. The van der Waals surface area contributed by atoms with Crippen LogP contribution in [0.2, 0.25) is 0 Å². The fourth-order valence-corrected chi connectivity index (χ4v) is 3.32. The first-order valence-electron chi connectivity index (χ1n) is 7.61. The number of Topliss-reactive ketones (excluding diaryl/α,β-unsaturated/α-hetero) is 1. The van der Waals surface area contributed by atoms with Crippen LogP contribution in [0.15, 0.2) is 23.0 Å². The quantitative estimate of drug-likeness (QED) is 0.642. The van der Waals surface area contributed by atoms with E-state index in [-0.39, 0.29) is 17.9 Å². The van der Waals surface area contributed by atoms with Crippen molar-refractivity contribution >= 4 is 38.7 Å². The fraction of sp³-hybridized carbons (Fsp3) is 0.438. The van der Waals surface area contributed by atoms with Crippen molar-refractivity contribution in [2.24, 2.45) is 7.05 Å². The molecular formula is C16H18BrN3O3. The van der Waals surface area contributed by atoms with Gasteiger partial charge in [-0.15, -0.1) is 0 Å². The molecular weight excluding hydrogens is 362 g/mol. The van der Waals surface area contributed by atoms with Crippen LogP contribution in [-0.2, 0) is 23.1 Å². The Morgan fingerprint density at radius 2 is 2.04 bits per heavy atom. The van der Waals surface area contributed by atoms with Crippen molar-refractivity contribution in [2.75, 3.05) is 11.9 Å². The average Bonchev–Trinajstić information content (AvgIpc) is 2.78. The number of benzene rings is 1. The van der Waals surface area contributed by atoms with Crippen LogP contribution in [0.4, 0.5) is 0 Å². The van der Waals surface area contributed by atoms with E-state index in [2.05, 4.69) is 21.2 Å². The molecule has 1 aromatic carbocycles. The zero-order chi connectivity index (χ0) is 16.6. The Hall–Kier alpha value is -1.89. The van der Waals surface area contributed by atoms with E-state index in [4.69, 9.17) is 0 Å². The molecule has 23 heavy (non-hydrogen) atoms. The van der Waals surface area contributed by atoms with Crippen molar-refractivity contribution in [1.82, 2.24) is 14.5 Å². The Balaban J connectivity index is 2.14. The summed E-state index contributed by atoms with van der Waals surface area (Å²) in [5.41, 5.74) is 2.15. The van der Waals surface area contributed by atoms with Gasteiger partial charge in [-0.1, -0.05) is 22.0 Å². The van der Waals surface area contributed by atoms with E-state index in [1.807, 2.05) is 18.2 Å². The number of fused-ring (bicyclic) bond motifs is 1. The smallest absolute Gasteiger partial charge is 0.329 e. The first-order chi connectivity index (χ1) is 11.0. The van der Waals surface area contributed by atoms with Gasteiger partial charge >= 0.3 is 5.69 Å². The number of halogens is 1. The normalized spacial score (nSPS) is 18.4. The zero-order valence-electron chi connectivity index (χ0n) is 12.8. The van der Waals surface area contributed by atoms with E-state index < -0.39 is 11.9 Å². The van der Waals surface area contributed by atoms with E-state index in [1.54, 1.807) is 7.05 Å². The maximum absolute atomic E-state index is 12.6. The van der Waals surface area contributed by atoms with Crippen LogP contribution >= 0.6 is 15.9 Å². The van der Waals surface area contributed by atoms with Gasteiger partial charge in [0.2, 0.25) is 0 Å². The Morgan fingerprint density at radius 3 is 2.74 bits per heavy atom. The lowest BCUT2D eigenvalue weighted by atomic mass is 10.0. The van der Waals surface area contributed by atoms with Gasteiger partial charge in [-0.25, -0.2) is 4.79 Å². The van der Waals surface area contributed by atoms with Gasteiger partial charge in [0.25, 0.3) is 5.91 Å². The molecule has 1 amide bonds. The van der Waals surface area contributed by atoms with E-state index in [0.29, 0.717) is 12.1 Å². The third-order valence-corrected chi connectivity index (χ3v) is 4.80. The minimum atomic E-state index is -1.06. The summed E-state index contributed by atoms with van der Waals surface area (Å²) in [7, 11) is 1.67. The van der Waals surface area contributed by atoms with E-state index in [9.17, 15) is 14.4 Å². The first kappa shape index (κ1) is 16.0. The number of ketones is 1. The molecule has 1 aromatic heterocycles. The molecule has 0 spiro atoms. The van der Waals surface area contributed by atoms with E-state index in [0.717, 1.165) is 29.3 Å². The highest BCUT2D eigenvalue weighted by Gasteiger charge is 2.34. The molecule has 7 heteroatoms. The topological polar surface area (TPSA) is 73.1 Å². The molecule has 1 N–H and O–H groups in total. The SMILES string of the molecule is Cn1c(=O)n(C2C(=O)CCNC2=O)c2ccc(CCCBr)cc21. The van der Waals surface area contributed by atoms with Crippen molar-refractivity contribution < 1.29 is 9.59 Å². The van der Waals surface area contributed by atoms with Crippen LogP contribution in [0, 0.1) is 0 Å². The van der Waals surface area contributed by atoms with Crippen molar-refractivity contribution in [3.8, 4) is 0 Å². The van der Waals surface area contributed by atoms with Crippen LogP contribution in [-0.4, -0.2) is 32.7 Å². The summed E-state index contributed by atoms with van der Waals surface area (Å²) in [6.45, 7) is 0.338. The number of aryl methyl sites for hydroxylation is 2. The zero-order valence-corrected chi connectivity index (χ0v) is 14.4. The molecule has 1 fully saturated rings. The number of imidazole rings is 1. The Labute approximate surface area is 141 Å². The summed E-state index contributed by atoms with van der Waals surface area (Å²) in [5, 5.41) is 3.59. The molecule has 0 bridgehead atoms. The standard InChI is InChI=1S/C16H18BrN3O3/c1-19-12-9-10(3-2-7-17)4-5-11(12)20(16(19)23)14-13(21)6-8-18-15(14)22/h4-5,9,14H,2-3,6-8H2,1H3,(H,18,22). The largest absolute Gasteiger partial charge is 0.353 e. The average molecular weight is 380 g/mol. The second-order valence-corrected chi connectivity index (χ2v) is 6.53. The minimum absolute atomic E-state index is 0.216. The molecule has 6 nitrogen and oxygen atoms in total. The highest BCUT2D eigenvalue weighted by molar-refractivity contribution is 9.09. The number of rotatable bonds is 4. The van der Waals surface area contributed by atoms with Crippen molar-refractivity contribution in [3.05, 3.63) is 34.2 Å². The van der Waals surface area contributed by atoms with Gasteiger partial charge in [0.1, 0.15) is 0 Å². The second-order valence-electron chi connectivity index (χ2n) is 5.74. The number of carbonyl (C=O) groups excluding carboxylic acids is 2. The molecule has 3 rings (SSSR count). The summed E-state index contributed by atoms with van der Waals surface area (Å²) in [4.78, 5) is 36.9. The van der Waals surface area contributed by atoms with Crippen LogP contribution in [0.1, 0.15) is 24.4 Å². The number of hydrogen-bond donors (Lipinski definition) is 1.